The summed E-state index contributed by atoms with van der Waals surface area (Å²) in [5.41, 5.74) is 7.19. The molecule has 0 spiro atoms. The lowest BCUT2D eigenvalue weighted by atomic mass is 9.77. The van der Waals surface area contributed by atoms with Crippen LogP contribution < -0.4 is 20.8 Å². The van der Waals surface area contributed by atoms with Crippen LogP contribution in [0.5, 0.6) is 17.2 Å². The fraction of sp³-hybridized carbons (Fsp3) is 0.185. The minimum absolute atomic E-state index is 0.0240. The highest BCUT2D eigenvalue weighted by atomic mass is 79.9. The SMILES string of the molecule is COc1cc(C2C(C#N)=C(N)OC3=C2C(=O)CCC3)cc(Br)c1Oc1cnn(-c2ccccc2)c(=O)c1Cl. The highest BCUT2D eigenvalue weighted by Gasteiger charge is 2.38. The maximum atomic E-state index is 12.9. The van der Waals surface area contributed by atoms with Crippen molar-refractivity contribution >= 4 is 33.3 Å². The molecule has 2 aromatic carbocycles. The predicted molar refractivity (Wildman–Crippen MR) is 142 cm³/mol. The number of ketones is 1. The number of Topliss-reactive ketones (excluding diaryl/α,β-unsaturated/α-hetero) is 1. The van der Waals surface area contributed by atoms with Gasteiger partial charge in [0.1, 0.15) is 17.4 Å². The van der Waals surface area contributed by atoms with Crippen LogP contribution in [0.1, 0.15) is 30.7 Å². The van der Waals surface area contributed by atoms with Crippen molar-refractivity contribution < 1.29 is 19.0 Å². The Hall–Kier alpha value is -4.07. The minimum Gasteiger partial charge on any atom is -0.493 e. The van der Waals surface area contributed by atoms with E-state index in [4.69, 9.17) is 31.5 Å². The van der Waals surface area contributed by atoms with Crippen LogP contribution in [0.25, 0.3) is 5.69 Å². The molecule has 192 valence electrons. The van der Waals surface area contributed by atoms with E-state index in [1.54, 1.807) is 36.4 Å². The highest BCUT2D eigenvalue weighted by molar-refractivity contribution is 9.10. The summed E-state index contributed by atoms with van der Waals surface area (Å²) in [6.45, 7) is 0. The molecule has 0 saturated carbocycles. The van der Waals surface area contributed by atoms with Crippen molar-refractivity contribution in [3.63, 3.8) is 0 Å². The number of aromatic nitrogens is 2. The molecule has 0 bridgehead atoms. The molecule has 2 aliphatic rings. The molecule has 0 radical (unpaired) electrons. The summed E-state index contributed by atoms with van der Waals surface area (Å²) >= 11 is 9.88. The van der Waals surface area contributed by atoms with Gasteiger partial charge in [-0.25, -0.2) is 0 Å². The summed E-state index contributed by atoms with van der Waals surface area (Å²) in [6, 6.07) is 14.3. The zero-order valence-electron chi connectivity index (χ0n) is 20.0. The van der Waals surface area contributed by atoms with Gasteiger partial charge in [-0.05, 0) is 52.2 Å². The number of nitriles is 1. The molecule has 1 unspecified atom stereocenters. The Morgan fingerprint density at radius 3 is 2.68 bits per heavy atom. The Balaban J connectivity index is 1.56. The van der Waals surface area contributed by atoms with E-state index in [2.05, 4.69) is 27.1 Å². The van der Waals surface area contributed by atoms with E-state index in [0.717, 1.165) is 0 Å². The van der Waals surface area contributed by atoms with Gasteiger partial charge in [0.05, 0.1) is 29.4 Å². The quantitative estimate of drug-likeness (QED) is 0.423. The number of halogens is 2. The Morgan fingerprint density at radius 2 is 1.97 bits per heavy atom. The number of nitrogens with two attached hydrogens (primary N) is 1. The fourth-order valence-electron chi connectivity index (χ4n) is 4.55. The van der Waals surface area contributed by atoms with Crippen LogP contribution in [0.4, 0.5) is 0 Å². The topological polar surface area (TPSA) is 129 Å². The third-order valence-electron chi connectivity index (χ3n) is 6.29. The molecular formula is C27H20BrClN4O5. The number of rotatable bonds is 5. The number of carbonyl (C=O) groups excluding carboxylic acids is 1. The summed E-state index contributed by atoms with van der Waals surface area (Å²) < 4.78 is 18.8. The van der Waals surface area contributed by atoms with Crippen LogP contribution in [0.2, 0.25) is 5.02 Å². The van der Waals surface area contributed by atoms with Gasteiger partial charge in [0.2, 0.25) is 5.88 Å². The van der Waals surface area contributed by atoms with Crippen LogP contribution in [0.3, 0.4) is 0 Å². The van der Waals surface area contributed by atoms with Crippen molar-refractivity contribution in [2.45, 2.75) is 25.2 Å². The lowest BCUT2D eigenvalue weighted by Crippen LogP contribution is -2.27. The monoisotopic (exact) mass is 594 g/mol. The number of hydrogen-bond donors (Lipinski definition) is 1. The maximum Gasteiger partial charge on any atom is 0.294 e. The first-order valence-corrected chi connectivity index (χ1v) is 12.7. The van der Waals surface area contributed by atoms with Crippen molar-refractivity contribution in [1.29, 1.82) is 5.26 Å². The second-order valence-corrected chi connectivity index (χ2v) is 9.78. The molecule has 0 amide bonds. The number of benzene rings is 2. The largest absolute Gasteiger partial charge is 0.493 e. The van der Waals surface area contributed by atoms with E-state index in [9.17, 15) is 14.9 Å². The van der Waals surface area contributed by atoms with Gasteiger partial charge >= 0.3 is 0 Å². The predicted octanol–water partition coefficient (Wildman–Crippen LogP) is 5.26. The smallest absolute Gasteiger partial charge is 0.294 e. The van der Waals surface area contributed by atoms with Gasteiger partial charge in [-0.3, -0.25) is 9.59 Å². The van der Waals surface area contributed by atoms with Gasteiger partial charge in [-0.1, -0.05) is 29.8 Å². The first kappa shape index (κ1) is 25.6. The van der Waals surface area contributed by atoms with Crippen LogP contribution in [-0.2, 0) is 9.53 Å². The van der Waals surface area contributed by atoms with Crippen molar-refractivity contribution in [3.8, 4) is 29.0 Å². The number of carbonyl (C=O) groups is 1. The number of methoxy groups -OCH3 is 1. The number of hydrogen-bond acceptors (Lipinski definition) is 8. The standard InChI is InChI=1S/C27H20BrClN4O5/c1-36-20-11-14(22-16(12-30)26(31)38-19-9-5-8-18(34)23(19)22)10-17(28)25(20)37-21-13-32-33(27(35)24(21)29)15-6-3-2-4-7-15/h2-4,6-7,10-11,13,22H,5,8-9,31H2,1H3. The Morgan fingerprint density at radius 1 is 1.21 bits per heavy atom. The molecule has 1 atom stereocenters. The molecule has 0 fully saturated rings. The van der Waals surface area contributed by atoms with Gasteiger partial charge in [-0.2, -0.15) is 15.0 Å². The number of nitrogens with zero attached hydrogens (tertiary/aromatic N) is 3. The van der Waals surface area contributed by atoms with E-state index in [1.807, 2.05) is 6.07 Å². The molecule has 1 aromatic heterocycles. The lowest BCUT2D eigenvalue weighted by Gasteiger charge is -2.31. The van der Waals surface area contributed by atoms with E-state index >= 15 is 0 Å². The third kappa shape index (κ3) is 4.44. The van der Waals surface area contributed by atoms with Gasteiger partial charge in [-0.15, -0.1) is 0 Å². The van der Waals surface area contributed by atoms with Crippen LogP contribution in [0.15, 0.2) is 80.7 Å². The zero-order chi connectivity index (χ0) is 27.0. The zero-order valence-corrected chi connectivity index (χ0v) is 22.4. The molecule has 1 aliphatic carbocycles. The van der Waals surface area contributed by atoms with Gasteiger partial charge < -0.3 is 19.9 Å². The molecule has 1 aliphatic heterocycles. The first-order valence-electron chi connectivity index (χ1n) is 11.6. The average molecular weight is 596 g/mol. The van der Waals surface area contributed by atoms with Gasteiger partial charge in [0.15, 0.2) is 28.1 Å². The Bertz CT molecular complexity index is 1620. The Kier molecular flexibility index (Phi) is 6.97. The van der Waals surface area contributed by atoms with Crippen LogP contribution >= 0.6 is 27.5 Å². The van der Waals surface area contributed by atoms with E-state index in [-0.39, 0.29) is 39.5 Å². The lowest BCUT2D eigenvalue weighted by molar-refractivity contribution is -0.116. The van der Waals surface area contributed by atoms with E-state index in [0.29, 0.717) is 46.3 Å². The number of para-hydroxylation sites is 1. The molecule has 3 aromatic rings. The number of ether oxygens (including phenoxy) is 3. The third-order valence-corrected chi connectivity index (χ3v) is 7.23. The van der Waals surface area contributed by atoms with Gasteiger partial charge in [0.25, 0.3) is 5.56 Å². The second kappa shape index (κ2) is 10.4. The molecular weight excluding hydrogens is 576 g/mol. The van der Waals surface area contributed by atoms with E-state index in [1.165, 1.54) is 18.0 Å². The van der Waals surface area contributed by atoms with E-state index < -0.39 is 11.5 Å². The summed E-state index contributed by atoms with van der Waals surface area (Å²) in [7, 11) is 1.45. The van der Waals surface area contributed by atoms with Crippen molar-refractivity contribution in [2.75, 3.05) is 7.11 Å². The molecule has 9 nitrogen and oxygen atoms in total. The van der Waals surface area contributed by atoms with Gasteiger partial charge in [0, 0.05) is 18.4 Å². The van der Waals surface area contributed by atoms with Crippen molar-refractivity contribution in [3.05, 3.63) is 96.9 Å². The normalized spacial score (nSPS) is 17.0. The second-order valence-electron chi connectivity index (χ2n) is 8.55. The molecule has 2 N–H and O–H groups in total. The highest BCUT2D eigenvalue weighted by Crippen LogP contribution is 2.48. The Labute approximate surface area is 230 Å². The van der Waals surface area contributed by atoms with Crippen LogP contribution in [0, 0.1) is 11.3 Å². The summed E-state index contributed by atoms with van der Waals surface area (Å²) in [5.74, 6) is 0.151. The first-order chi connectivity index (χ1) is 18.3. The molecule has 38 heavy (non-hydrogen) atoms. The molecule has 5 rings (SSSR count). The fourth-order valence-corrected chi connectivity index (χ4v) is 5.26. The summed E-state index contributed by atoms with van der Waals surface area (Å²) in [6.07, 6.45) is 2.90. The van der Waals surface area contributed by atoms with Crippen molar-refractivity contribution in [2.24, 2.45) is 5.73 Å². The molecule has 11 heteroatoms. The van der Waals surface area contributed by atoms with Crippen LogP contribution in [-0.4, -0.2) is 22.7 Å². The minimum atomic E-state index is -0.726. The average Bonchev–Trinajstić information content (AvgIpc) is 2.92. The maximum absolute atomic E-state index is 12.9. The molecule has 0 saturated heterocycles. The van der Waals surface area contributed by atoms with Crippen molar-refractivity contribution in [1.82, 2.24) is 9.78 Å². The summed E-state index contributed by atoms with van der Waals surface area (Å²) in [4.78, 5) is 25.8. The molecule has 2 heterocycles. The summed E-state index contributed by atoms with van der Waals surface area (Å²) in [5, 5.41) is 13.9. The number of allylic oxidation sites excluding steroid dienone is 3.